The van der Waals surface area contributed by atoms with Gasteiger partial charge in [0.05, 0.1) is 18.9 Å². The molecule has 0 fully saturated rings. The standard InChI is InChI=1S/C16H15F18NO4S/c1-2-39-8(36)6-35-7(5-10(19,20)12(23,24)14(27,28)16(32,33)34)40(37,38)4-3-9(17,18)11(21,22)13(25,26)15(29,30)31/h7,35H,2-6H2,1H3. The van der Waals surface area contributed by atoms with Crippen LogP contribution in [0.2, 0.25) is 0 Å². The smallest absolute Gasteiger partial charge is 0.460 e. The lowest BCUT2D eigenvalue weighted by atomic mass is 10.0. The van der Waals surface area contributed by atoms with Gasteiger partial charge in [-0.1, -0.05) is 0 Å². The van der Waals surface area contributed by atoms with Crippen LogP contribution in [0.15, 0.2) is 0 Å². The van der Waals surface area contributed by atoms with E-state index in [1.54, 1.807) is 0 Å². The summed E-state index contributed by atoms with van der Waals surface area (Å²) in [7, 11) is -6.28. The number of carbonyl (C=O) groups is 1. The van der Waals surface area contributed by atoms with Gasteiger partial charge in [-0.2, -0.15) is 79.0 Å². The maximum absolute atomic E-state index is 14.0. The number of hydrogen-bond acceptors (Lipinski definition) is 5. The summed E-state index contributed by atoms with van der Waals surface area (Å²) in [6, 6.07) is 0. The van der Waals surface area contributed by atoms with Crippen molar-refractivity contribution < 1.29 is 97.0 Å². The van der Waals surface area contributed by atoms with Gasteiger partial charge < -0.3 is 4.74 Å². The lowest BCUT2D eigenvalue weighted by Gasteiger charge is -2.35. The molecule has 0 aromatic carbocycles. The third-order valence-electron chi connectivity index (χ3n) is 4.77. The van der Waals surface area contributed by atoms with Crippen molar-refractivity contribution >= 4 is 15.8 Å². The van der Waals surface area contributed by atoms with Crippen LogP contribution in [0.5, 0.6) is 0 Å². The van der Waals surface area contributed by atoms with Gasteiger partial charge >= 0.3 is 53.9 Å². The van der Waals surface area contributed by atoms with Crippen LogP contribution in [-0.2, 0) is 19.4 Å². The number of alkyl halides is 18. The van der Waals surface area contributed by atoms with Crippen LogP contribution in [0.3, 0.4) is 0 Å². The van der Waals surface area contributed by atoms with Gasteiger partial charge in [0.2, 0.25) is 0 Å². The molecule has 1 unspecified atom stereocenters. The van der Waals surface area contributed by atoms with Crippen molar-refractivity contribution in [2.24, 2.45) is 0 Å². The molecule has 0 radical (unpaired) electrons. The third kappa shape index (κ3) is 7.30. The van der Waals surface area contributed by atoms with Crippen LogP contribution in [-0.4, -0.2) is 86.6 Å². The van der Waals surface area contributed by atoms with Crippen molar-refractivity contribution in [1.29, 1.82) is 0 Å². The van der Waals surface area contributed by atoms with E-state index in [0.29, 0.717) is 0 Å². The average Bonchev–Trinajstić information content (AvgIpc) is 2.73. The van der Waals surface area contributed by atoms with Gasteiger partial charge in [-0.05, 0) is 6.92 Å². The molecule has 0 heterocycles. The molecular formula is C16H15F18NO4S. The minimum absolute atomic E-state index is 0.571. The Morgan fingerprint density at radius 1 is 0.675 bits per heavy atom. The van der Waals surface area contributed by atoms with Crippen molar-refractivity contribution in [3.8, 4) is 0 Å². The van der Waals surface area contributed by atoms with Gasteiger partial charge in [0.25, 0.3) is 0 Å². The van der Waals surface area contributed by atoms with Crippen LogP contribution in [0.1, 0.15) is 19.8 Å². The van der Waals surface area contributed by atoms with Crippen molar-refractivity contribution in [3.05, 3.63) is 0 Å². The first-order valence-corrected chi connectivity index (χ1v) is 11.5. The number of halogens is 18. The fraction of sp³-hybridized carbons (Fsp3) is 0.938. The minimum Gasteiger partial charge on any atom is -0.465 e. The molecule has 240 valence electrons. The molecular weight excluding hydrogens is 644 g/mol. The predicted octanol–water partition coefficient (Wildman–Crippen LogP) is 5.60. The van der Waals surface area contributed by atoms with Crippen molar-refractivity contribution in [3.63, 3.8) is 0 Å². The second-order valence-corrected chi connectivity index (χ2v) is 10.0. The number of carbonyl (C=O) groups excluding carboxylic acids is 1. The average molecular weight is 659 g/mol. The number of rotatable bonds is 14. The summed E-state index contributed by atoms with van der Waals surface area (Å²) < 4.78 is 263. The molecule has 0 aromatic rings. The molecule has 1 atom stereocenters. The Morgan fingerprint density at radius 2 is 1.05 bits per heavy atom. The number of ether oxygens (including phenoxy) is 1. The molecule has 24 heteroatoms. The molecule has 0 aliphatic heterocycles. The fourth-order valence-corrected chi connectivity index (χ4v) is 4.11. The Bertz CT molecular complexity index is 989. The van der Waals surface area contributed by atoms with Gasteiger partial charge in [0.15, 0.2) is 9.84 Å². The second-order valence-electron chi connectivity index (χ2n) is 7.70. The van der Waals surface area contributed by atoms with Gasteiger partial charge in [-0.3, -0.25) is 10.1 Å². The quantitative estimate of drug-likeness (QED) is 0.195. The Labute approximate surface area is 211 Å². The van der Waals surface area contributed by atoms with E-state index in [1.165, 1.54) is 0 Å². The summed E-state index contributed by atoms with van der Waals surface area (Å²) in [5.41, 5.74) is 0. The Kier molecular flexibility index (Phi) is 10.9. The molecule has 0 spiro atoms. The highest BCUT2D eigenvalue weighted by Gasteiger charge is 2.83. The molecule has 0 aliphatic carbocycles. The summed E-state index contributed by atoms with van der Waals surface area (Å²) >= 11 is 0. The van der Waals surface area contributed by atoms with E-state index in [4.69, 9.17) is 0 Å². The first-order valence-electron chi connectivity index (χ1n) is 9.77. The Hall–Kier alpha value is -1.88. The molecule has 0 bridgehead atoms. The van der Waals surface area contributed by atoms with E-state index in [2.05, 4.69) is 4.74 Å². The largest absolute Gasteiger partial charge is 0.465 e. The van der Waals surface area contributed by atoms with E-state index in [9.17, 15) is 92.2 Å². The molecule has 1 N–H and O–H groups in total. The summed E-state index contributed by atoms with van der Waals surface area (Å²) in [5.74, 6) is -48.0. The topological polar surface area (TPSA) is 72.5 Å². The van der Waals surface area contributed by atoms with Crippen molar-refractivity contribution in [2.45, 2.75) is 73.0 Å². The molecule has 0 saturated heterocycles. The lowest BCUT2D eigenvalue weighted by molar-refractivity contribution is -0.396. The molecule has 0 aromatic heterocycles. The van der Waals surface area contributed by atoms with Crippen LogP contribution >= 0.6 is 0 Å². The molecule has 5 nitrogen and oxygen atoms in total. The Morgan fingerprint density at radius 3 is 1.40 bits per heavy atom. The highest BCUT2D eigenvalue weighted by molar-refractivity contribution is 7.91. The number of hydrogen-bond donors (Lipinski definition) is 1. The number of esters is 1. The first kappa shape index (κ1) is 38.1. The summed E-state index contributed by atoms with van der Waals surface area (Å²) in [5, 5.41) is -2.74. The van der Waals surface area contributed by atoms with Crippen LogP contribution in [0.4, 0.5) is 79.0 Å². The maximum atomic E-state index is 14.0. The van der Waals surface area contributed by atoms with Crippen LogP contribution < -0.4 is 5.32 Å². The maximum Gasteiger partial charge on any atom is 0.460 e. The Balaban J connectivity index is 6.43. The minimum atomic E-state index is -7.59. The fourth-order valence-electron chi connectivity index (χ4n) is 2.48. The van der Waals surface area contributed by atoms with Gasteiger partial charge in [0.1, 0.15) is 5.37 Å². The van der Waals surface area contributed by atoms with Gasteiger partial charge in [0, 0.05) is 12.8 Å². The zero-order valence-electron chi connectivity index (χ0n) is 19.0. The second kappa shape index (κ2) is 11.4. The van der Waals surface area contributed by atoms with Crippen molar-refractivity contribution in [2.75, 3.05) is 18.9 Å². The number of nitrogens with one attached hydrogen (secondary N) is 1. The van der Waals surface area contributed by atoms with Gasteiger partial charge in [-0.25, -0.2) is 8.42 Å². The van der Waals surface area contributed by atoms with Gasteiger partial charge in [-0.15, -0.1) is 0 Å². The summed E-state index contributed by atoms with van der Waals surface area (Å²) in [6.07, 6.45) is -21.5. The monoisotopic (exact) mass is 659 g/mol. The normalized spacial score (nSPS) is 16.2. The van der Waals surface area contributed by atoms with Crippen LogP contribution in [0.25, 0.3) is 0 Å². The zero-order chi connectivity index (χ0) is 32.6. The molecule has 40 heavy (non-hydrogen) atoms. The van der Waals surface area contributed by atoms with Crippen molar-refractivity contribution in [1.82, 2.24) is 5.32 Å². The molecule has 0 amide bonds. The number of sulfone groups is 1. The zero-order valence-corrected chi connectivity index (χ0v) is 19.8. The SMILES string of the molecule is CCOC(=O)CNC(CC(F)(F)C(F)(F)C(F)(F)C(F)(F)F)S(=O)(=O)CCC(F)(F)C(F)(F)C(F)(F)C(F)(F)F. The van der Waals surface area contributed by atoms with Crippen LogP contribution in [0, 0.1) is 0 Å². The highest BCUT2D eigenvalue weighted by atomic mass is 32.2. The highest BCUT2D eigenvalue weighted by Crippen LogP contribution is 2.56. The van der Waals surface area contributed by atoms with E-state index in [1.807, 2.05) is 0 Å². The molecule has 0 rings (SSSR count). The first-order chi connectivity index (χ1) is 17.3. The molecule has 0 aliphatic rings. The predicted molar refractivity (Wildman–Crippen MR) is 93.2 cm³/mol. The lowest BCUT2D eigenvalue weighted by Crippen LogP contribution is -2.63. The molecule has 0 saturated carbocycles. The van der Waals surface area contributed by atoms with E-state index in [-0.39, 0.29) is 0 Å². The third-order valence-corrected chi connectivity index (χ3v) is 6.75. The van der Waals surface area contributed by atoms with E-state index < -0.39 is 101 Å². The van der Waals surface area contributed by atoms with E-state index >= 15 is 0 Å². The summed E-state index contributed by atoms with van der Waals surface area (Å²) in [4.78, 5) is 11.3. The summed E-state index contributed by atoms with van der Waals surface area (Å²) in [6.45, 7) is -1.23. The van der Waals surface area contributed by atoms with E-state index in [0.717, 1.165) is 12.2 Å².